The Morgan fingerprint density at radius 1 is 1.40 bits per heavy atom. The second-order valence-electron chi connectivity index (χ2n) is 5.01. The van der Waals surface area contributed by atoms with E-state index in [0.29, 0.717) is 12.5 Å². The number of nitrogens with zero attached hydrogens (tertiary/aromatic N) is 2. The number of anilines is 1. The number of thiophene rings is 1. The van der Waals surface area contributed by atoms with Crippen LogP contribution in [0.1, 0.15) is 30.1 Å². The number of aromatic amines is 1. The van der Waals surface area contributed by atoms with Crippen LogP contribution in [0.15, 0.2) is 33.7 Å². The van der Waals surface area contributed by atoms with Gasteiger partial charge >= 0.3 is 0 Å². The summed E-state index contributed by atoms with van der Waals surface area (Å²) < 4.78 is 5.33. The molecule has 1 fully saturated rings. The van der Waals surface area contributed by atoms with Gasteiger partial charge in [-0.25, -0.2) is 0 Å². The molecule has 1 aliphatic rings. The van der Waals surface area contributed by atoms with Gasteiger partial charge in [0.05, 0.1) is 23.8 Å². The second kappa shape index (κ2) is 4.79. The Bertz CT molecular complexity index is 696. The maximum Gasteiger partial charge on any atom is 0.162 e. The number of aromatic nitrogens is 3. The Kier molecular flexibility index (Phi) is 2.81. The quantitative estimate of drug-likeness (QED) is 0.752. The number of rotatable bonds is 5. The maximum atomic E-state index is 5.33. The third-order valence-corrected chi connectivity index (χ3v) is 4.23. The predicted molar refractivity (Wildman–Crippen MR) is 77.7 cm³/mol. The Balaban J connectivity index is 1.52. The molecule has 102 valence electrons. The van der Waals surface area contributed by atoms with Crippen LogP contribution in [-0.4, -0.2) is 15.4 Å². The Morgan fingerprint density at radius 3 is 3.15 bits per heavy atom. The van der Waals surface area contributed by atoms with Gasteiger partial charge < -0.3 is 9.84 Å². The lowest BCUT2D eigenvalue weighted by Crippen LogP contribution is -2.00. The summed E-state index contributed by atoms with van der Waals surface area (Å²) in [5.41, 5.74) is 4.40. The summed E-state index contributed by atoms with van der Waals surface area (Å²) in [6.45, 7) is 0.711. The highest BCUT2D eigenvalue weighted by molar-refractivity contribution is 7.08. The van der Waals surface area contributed by atoms with Crippen molar-refractivity contribution in [3.05, 3.63) is 40.5 Å². The fraction of sp³-hybridized carbons (Fsp3) is 0.286. The average molecular weight is 286 g/mol. The molecular formula is C14H14N4OS. The highest BCUT2D eigenvalue weighted by Gasteiger charge is 2.30. The molecule has 3 aromatic rings. The van der Waals surface area contributed by atoms with Gasteiger partial charge in [0.15, 0.2) is 5.76 Å². The molecule has 0 radical (unpaired) electrons. The van der Waals surface area contributed by atoms with E-state index in [9.17, 15) is 0 Å². The SMILES string of the molecule is c1cc(-c2[nH]ncc2CNc2cnoc2C2CC2)cs1. The standard InChI is InChI=1S/C14H14N4OS/c1-2-9(1)14-12(7-17-19-14)15-5-11-6-16-18-13(11)10-3-4-20-8-10/h3-4,6-9,15H,1-2,5H2,(H,16,18). The summed E-state index contributed by atoms with van der Waals surface area (Å²) in [5, 5.41) is 18.7. The van der Waals surface area contributed by atoms with Crippen LogP contribution in [0.5, 0.6) is 0 Å². The molecule has 0 aromatic carbocycles. The smallest absolute Gasteiger partial charge is 0.162 e. The molecule has 0 amide bonds. The van der Waals surface area contributed by atoms with Crippen molar-refractivity contribution >= 4 is 17.0 Å². The largest absolute Gasteiger partial charge is 0.377 e. The molecule has 0 atom stereocenters. The molecule has 0 saturated heterocycles. The predicted octanol–water partition coefficient (Wildman–Crippen LogP) is 3.62. The summed E-state index contributed by atoms with van der Waals surface area (Å²) in [6.07, 6.45) is 6.04. The third-order valence-electron chi connectivity index (χ3n) is 3.54. The molecular weight excluding hydrogens is 272 g/mol. The van der Waals surface area contributed by atoms with Crippen molar-refractivity contribution in [2.75, 3.05) is 5.32 Å². The number of hydrogen-bond acceptors (Lipinski definition) is 5. The summed E-state index contributed by atoms with van der Waals surface area (Å²) in [6, 6.07) is 2.09. The van der Waals surface area contributed by atoms with Crippen LogP contribution in [0.3, 0.4) is 0 Å². The van der Waals surface area contributed by atoms with E-state index in [1.807, 2.05) is 6.20 Å². The van der Waals surface area contributed by atoms with Crippen molar-refractivity contribution in [3.8, 4) is 11.3 Å². The highest BCUT2D eigenvalue weighted by Crippen LogP contribution is 2.43. The summed E-state index contributed by atoms with van der Waals surface area (Å²) in [7, 11) is 0. The first kappa shape index (κ1) is 11.7. The zero-order valence-corrected chi connectivity index (χ0v) is 11.6. The van der Waals surface area contributed by atoms with Crippen LogP contribution >= 0.6 is 11.3 Å². The van der Waals surface area contributed by atoms with Crippen molar-refractivity contribution < 1.29 is 4.52 Å². The molecule has 0 aliphatic heterocycles. The van der Waals surface area contributed by atoms with Gasteiger partial charge in [-0.3, -0.25) is 5.10 Å². The highest BCUT2D eigenvalue weighted by atomic mass is 32.1. The minimum absolute atomic E-state index is 0.556. The van der Waals surface area contributed by atoms with Gasteiger partial charge in [0.1, 0.15) is 0 Å². The first-order valence-corrected chi connectivity index (χ1v) is 7.59. The zero-order valence-electron chi connectivity index (χ0n) is 10.8. The van der Waals surface area contributed by atoms with Crippen molar-refractivity contribution in [1.29, 1.82) is 0 Å². The van der Waals surface area contributed by atoms with Gasteiger partial charge in [0.2, 0.25) is 0 Å². The van der Waals surface area contributed by atoms with E-state index >= 15 is 0 Å². The van der Waals surface area contributed by atoms with Crippen LogP contribution < -0.4 is 5.32 Å². The summed E-state index contributed by atoms with van der Waals surface area (Å²) >= 11 is 1.68. The van der Waals surface area contributed by atoms with Gasteiger partial charge in [-0.05, 0) is 24.3 Å². The van der Waals surface area contributed by atoms with E-state index in [1.165, 1.54) is 18.4 Å². The van der Waals surface area contributed by atoms with E-state index in [2.05, 4.69) is 37.5 Å². The van der Waals surface area contributed by atoms with Crippen molar-refractivity contribution in [2.45, 2.75) is 25.3 Å². The Hall–Kier alpha value is -2.08. The lowest BCUT2D eigenvalue weighted by Gasteiger charge is -2.05. The molecule has 0 spiro atoms. The first-order chi connectivity index (χ1) is 9.92. The van der Waals surface area contributed by atoms with Gasteiger partial charge in [0, 0.05) is 29.0 Å². The minimum Gasteiger partial charge on any atom is -0.377 e. The fourth-order valence-electron chi connectivity index (χ4n) is 2.31. The van der Waals surface area contributed by atoms with Crippen molar-refractivity contribution in [3.63, 3.8) is 0 Å². The summed E-state index contributed by atoms with van der Waals surface area (Å²) in [4.78, 5) is 0. The van der Waals surface area contributed by atoms with Crippen LogP contribution in [-0.2, 0) is 6.54 Å². The molecule has 0 bridgehead atoms. The molecule has 3 heterocycles. The molecule has 1 aliphatic carbocycles. The number of hydrogen-bond donors (Lipinski definition) is 2. The normalized spacial score (nSPS) is 14.6. The summed E-state index contributed by atoms with van der Waals surface area (Å²) in [5.74, 6) is 1.55. The van der Waals surface area contributed by atoms with Gasteiger partial charge in [-0.1, -0.05) is 5.16 Å². The van der Waals surface area contributed by atoms with Crippen LogP contribution in [0.4, 0.5) is 5.69 Å². The van der Waals surface area contributed by atoms with Crippen LogP contribution in [0.2, 0.25) is 0 Å². The second-order valence-corrected chi connectivity index (χ2v) is 5.79. The maximum absolute atomic E-state index is 5.33. The molecule has 0 unspecified atom stereocenters. The molecule has 20 heavy (non-hydrogen) atoms. The van der Waals surface area contributed by atoms with Gasteiger partial charge in [0.25, 0.3) is 0 Å². The monoisotopic (exact) mass is 286 g/mol. The van der Waals surface area contributed by atoms with Crippen LogP contribution in [0, 0.1) is 0 Å². The molecule has 5 nitrogen and oxygen atoms in total. The van der Waals surface area contributed by atoms with Crippen molar-refractivity contribution in [1.82, 2.24) is 15.4 Å². The van der Waals surface area contributed by atoms with E-state index in [1.54, 1.807) is 17.5 Å². The topological polar surface area (TPSA) is 66.7 Å². The Morgan fingerprint density at radius 2 is 2.35 bits per heavy atom. The number of nitrogens with one attached hydrogen (secondary N) is 2. The van der Waals surface area contributed by atoms with E-state index in [-0.39, 0.29) is 0 Å². The minimum atomic E-state index is 0.556. The zero-order chi connectivity index (χ0) is 13.4. The van der Waals surface area contributed by atoms with E-state index < -0.39 is 0 Å². The van der Waals surface area contributed by atoms with E-state index in [4.69, 9.17) is 4.52 Å². The third kappa shape index (κ3) is 2.12. The molecule has 3 aromatic heterocycles. The van der Waals surface area contributed by atoms with Gasteiger partial charge in [-0.2, -0.15) is 16.4 Å². The fourth-order valence-corrected chi connectivity index (χ4v) is 2.96. The van der Waals surface area contributed by atoms with Crippen LogP contribution in [0.25, 0.3) is 11.3 Å². The lowest BCUT2D eigenvalue weighted by molar-refractivity contribution is 0.385. The Labute approximate surface area is 120 Å². The number of H-pyrrole nitrogens is 1. The van der Waals surface area contributed by atoms with Crippen molar-refractivity contribution in [2.24, 2.45) is 0 Å². The molecule has 1 saturated carbocycles. The lowest BCUT2D eigenvalue weighted by atomic mass is 10.1. The molecule has 6 heteroatoms. The first-order valence-electron chi connectivity index (χ1n) is 6.65. The average Bonchev–Trinajstić information content (AvgIpc) is 2.92. The van der Waals surface area contributed by atoms with E-state index in [0.717, 1.165) is 22.7 Å². The molecule has 2 N–H and O–H groups in total. The molecule has 4 rings (SSSR count). The van der Waals surface area contributed by atoms with Gasteiger partial charge in [-0.15, -0.1) is 0 Å².